The highest BCUT2D eigenvalue weighted by molar-refractivity contribution is 7.92. The van der Waals surface area contributed by atoms with Crippen molar-refractivity contribution >= 4 is 27.5 Å². The molecule has 0 bridgehead atoms. The third-order valence-electron chi connectivity index (χ3n) is 7.26. The summed E-state index contributed by atoms with van der Waals surface area (Å²) in [5.41, 5.74) is 2.75. The first kappa shape index (κ1) is 32.1. The average Bonchev–Trinajstić information content (AvgIpc) is 3.05. The molecule has 4 aromatic rings. The number of amides is 2. The second-order valence-electron chi connectivity index (χ2n) is 10.2. The number of hydrogen-bond acceptors (Lipinski definition) is 6. The molecule has 2 amide bonds. The molecule has 1 N–H and O–H groups in total. The van der Waals surface area contributed by atoms with E-state index in [1.807, 2.05) is 67.6 Å². The molecule has 0 heterocycles. The van der Waals surface area contributed by atoms with Gasteiger partial charge in [0.15, 0.2) is 11.5 Å². The second kappa shape index (κ2) is 14.6. The summed E-state index contributed by atoms with van der Waals surface area (Å²) in [5.74, 6) is -0.209. The van der Waals surface area contributed by atoms with E-state index in [-0.39, 0.29) is 29.5 Å². The van der Waals surface area contributed by atoms with Gasteiger partial charge >= 0.3 is 0 Å². The Morgan fingerprint density at radius 3 is 1.95 bits per heavy atom. The number of nitrogens with zero attached hydrogens (tertiary/aromatic N) is 2. The van der Waals surface area contributed by atoms with Crippen LogP contribution < -0.4 is 19.1 Å². The van der Waals surface area contributed by atoms with Crippen molar-refractivity contribution in [2.45, 2.75) is 30.8 Å². The number of ether oxygens (including phenoxy) is 2. The molecule has 44 heavy (non-hydrogen) atoms. The molecule has 0 unspecified atom stereocenters. The van der Waals surface area contributed by atoms with E-state index in [1.165, 1.54) is 44.4 Å². The van der Waals surface area contributed by atoms with Crippen LogP contribution in [-0.2, 0) is 32.6 Å². The van der Waals surface area contributed by atoms with Gasteiger partial charge in [0.25, 0.3) is 10.0 Å². The van der Waals surface area contributed by atoms with Crippen molar-refractivity contribution in [3.8, 4) is 11.5 Å². The highest BCUT2D eigenvalue weighted by atomic mass is 32.2. The predicted molar refractivity (Wildman–Crippen MR) is 170 cm³/mol. The van der Waals surface area contributed by atoms with E-state index in [4.69, 9.17) is 9.47 Å². The Hall–Kier alpha value is -4.83. The van der Waals surface area contributed by atoms with Crippen molar-refractivity contribution in [1.29, 1.82) is 0 Å². The van der Waals surface area contributed by atoms with Crippen molar-refractivity contribution in [1.82, 2.24) is 10.2 Å². The van der Waals surface area contributed by atoms with Crippen molar-refractivity contribution in [3.63, 3.8) is 0 Å². The molecule has 4 aromatic carbocycles. The van der Waals surface area contributed by atoms with Gasteiger partial charge in [-0.25, -0.2) is 8.42 Å². The maximum absolute atomic E-state index is 14.4. The third-order valence-corrected chi connectivity index (χ3v) is 9.04. The zero-order chi connectivity index (χ0) is 31.7. The maximum Gasteiger partial charge on any atom is 0.264 e. The summed E-state index contributed by atoms with van der Waals surface area (Å²) in [6.07, 6.45) is 0.236. The Kier molecular flexibility index (Phi) is 10.6. The Bertz CT molecular complexity index is 1660. The second-order valence-corrected chi connectivity index (χ2v) is 12.1. The van der Waals surface area contributed by atoms with Crippen LogP contribution in [0.3, 0.4) is 0 Å². The summed E-state index contributed by atoms with van der Waals surface area (Å²) in [7, 11) is 0.209. The average molecular weight is 616 g/mol. The lowest BCUT2D eigenvalue weighted by Gasteiger charge is -2.33. The number of benzene rings is 4. The molecular weight excluding hydrogens is 578 g/mol. The molecule has 0 aliphatic rings. The van der Waals surface area contributed by atoms with Crippen LogP contribution in [0.2, 0.25) is 0 Å². The van der Waals surface area contributed by atoms with Crippen LogP contribution in [0.1, 0.15) is 16.7 Å². The van der Waals surface area contributed by atoms with Gasteiger partial charge in [0.05, 0.1) is 24.8 Å². The van der Waals surface area contributed by atoms with E-state index >= 15 is 0 Å². The van der Waals surface area contributed by atoms with Gasteiger partial charge in [-0.15, -0.1) is 0 Å². The van der Waals surface area contributed by atoms with E-state index in [0.717, 1.165) is 21.0 Å². The lowest BCUT2D eigenvalue weighted by atomic mass is 10.0. The number of hydrogen-bond donors (Lipinski definition) is 1. The van der Waals surface area contributed by atoms with Crippen LogP contribution in [0.4, 0.5) is 5.69 Å². The van der Waals surface area contributed by atoms with Crippen molar-refractivity contribution < 1.29 is 27.5 Å². The normalized spacial score (nSPS) is 11.7. The number of aryl methyl sites for hydroxylation is 1. The number of carbonyl (C=O) groups excluding carboxylic acids is 2. The minimum atomic E-state index is -4.24. The Morgan fingerprint density at radius 2 is 1.39 bits per heavy atom. The molecule has 0 spiro atoms. The molecule has 0 saturated heterocycles. The monoisotopic (exact) mass is 615 g/mol. The van der Waals surface area contributed by atoms with Crippen LogP contribution in [0.25, 0.3) is 0 Å². The smallest absolute Gasteiger partial charge is 0.264 e. The molecule has 9 nitrogen and oxygen atoms in total. The summed E-state index contributed by atoms with van der Waals surface area (Å²) < 4.78 is 40.2. The zero-order valence-electron chi connectivity index (χ0n) is 25.3. The van der Waals surface area contributed by atoms with Gasteiger partial charge in [-0.05, 0) is 42.3 Å². The molecule has 4 rings (SSSR count). The largest absolute Gasteiger partial charge is 0.493 e. The molecule has 0 aliphatic carbocycles. The zero-order valence-corrected chi connectivity index (χ0v) is 26.1. The number of carbonyl (C=O) groups is 2. The fraction of sp³-hybridized carbons (Fsp3) is 0.235. The van der Waals surface area contributed by atoms with Crippen molar-refractivity contribution in [2.75, 3.05) is 32.1 Å². The number of likely N-dealkylation sites (N-methyl/N-ethyl adjacent to an activating group) is 1. The lowest BCUT2D eigenvalue weighted by Crippen LogP contribution is -2.53. The van der Waals surface area contributed by atoms with Crippen molar-refractivity contribution in [2.24, 2.45) is 0 Å². The Labute approximate surface area is 259 Å². The van der Waals surface area contributed by atoms with E-state index in [1.54, 1.807) is 24.3 Å². The molecule has 0 fully saturated rings. The predicted octanol–water partition coefficient (Wildman–Crippen LogP) is 4.59. The van der Waals surface area contributed by atoms with Gasteiger partial charge in [-0.1, -0.05) is 78.4 Å². The highest BCUT2D eigenvalue weighted by Gasteiger charge is 2.34. The number of anilines is 1. The van der Waals surface area contributed by atoms with Gasteiger partial charge in [-0.3, -0.25) is 13.9 Å². The molecule has 0 saturated carbocycles. The summed E-state index contributed by atoms with van der Waals surface area (Å²) in [6, 6.07) is 28.8. The first-order valence-electron chi connectivity index (χ1n) is 14.1. The summed E-state index contributed by atoms with van der Waals surface area (Å²) >= 11 is 0. The number of nitrogens with one attached hydrogen (secondary N) is 1. The molecular formula is C34H37N3O6S. The van der Waals surface area contributed by atoms with Crippen LogP contribution in [0.15, 0.2) is 108 Å². The first-order valence-corrected chi connectivity index (χ1v) is 15.5. The minimum Gasteiger partial charge on any atom is -0.493 e. The van der Waals surface area contributed by atoms with Gasteiger partial charge in [0.2, 0.25) is 11.8 Å². The Balaban J connectivity index is 1.81. The molecule has 0 aromatic heterocycles. The summed E-state index contributed by atoms with van der Waals surface area (Å²) in [5, 5.41) is 2.69. The van der Waals surface area contributed by atoms with Crippen LogP contribution in [0, 0.1) is 6.92 Å². The molecule has 230 valence electrons. The fourth-order valence-electron chi connectivity index (χ4n) is 4.85. The van der Waals surface area contributed by atoms with Gasteiger partial charge < -0.3 is 19.7 Å². The summed E-state index contributed by atoms with van der Waals surface area (Å²) in [4.78, 5) is 29.2. The third kappa shape index (κ3) is 7.57. The minimum absolute atomic E-state index is 0.0208. The molecule has 0 radical (unpaired) electrons. The standard InChI is InChI=1S/C34H37N3O6S/c1-25-15-18-29(19-16-25)44(40,41)37(28-17-20-31(42-3)32(22-28)43-4)24-33(38)36(23-27-13-9-6-10-14-27)30(34(39)35-2)21-26-11-7-5-8-12-26/h5-20,22,30H,21,23-24H2,1-4H3,(H,35,39)/t30-/m0/s1. The van der Waals surface area contributed by atoms with Crippen molar-refractivity contribution in [3.05, 3.63) is 120 Å². The topological polar surface area (TPSA) is 105 Å². The number of methoxy groups -OCH3 is 2. The van der Waals surface area contributed by atoms with E-state index in [2.05, 4.69) is 5.32 Å². The molecule has 0 aliphatic heterocycles. The highest BCUT2D eigenvalue weighted by Crippen LogP contribution is 2.34. The number of sulfonamides is 1. The van der Waals surface area contributed by atoms with Crippen LogP contribution >= 0.6 is 0 Å². The maximum atomic E-state index is 14.4. The van der Waals surface area contributed by atoms with E-state index in [0.29, 0.717) is 11.5 Å². The van der Waals surface area contributed by atoms with Gasteiger partial charge in [-0.2, -0.15) is 0 Å². The van der Waals surface area contributed by atoms with Gasteiger partial charge in [0, 0.05) is 26.1 Å². The Morgan fingerprint density at radius 1 is 0.795 bits per heavy atom. The number of rotatable bonds is 13. The van der Waals surface area contributed by atoms with Gasteiger partial charge in [0.1, 0.15) is 12.6 Å². The quantitative estimate of drug-likeness (QED) is 0.236. The van der Waals surface area contributed by atoms with E-state index in [9.17, 15) is 18.0 Å². The summed E-state index contributed by atoms with van der Waals surface area (Å²) in [6.45, 7) is 1.38. The SMILES string of the molecule is CNC(=O)[C@H](Cc1ccccc1)N(Cc1ccccc1)C(=O)CN(c1ccc(OC)c(OC)c1)S(=O)(=O)c1ccc(C)cc1. The van der Waals surface area contributed by atoms with Crippen LogP contribution in [-0.4, -0.2) is 59.0 Å². The first-order chi connectivity index (χ1) is 21.2. The van der Waals surface area contributed by atoms with E-state index < -0.39 is 28.5 Å². The molecule has 10 heteroatoms. The van der Waals surface area contributed by atoms with Crippen LogP contribution in [0.5, 0.6) is 11.5 Å². The fourth-order valence-corrected chi connectivity index (χ4v) is 6.25. The molecule has 1 atom stereocenters. The lowest BCUT2D eigenvalue weighted by molar-refractivity contribution is -0.139.